The van der Waals surface area contributed by atoms with Gasteiger partial charge in [-0.15, -0.1) is 0 Å². The Labute approximate surface area is 157 Å². The van der Waals surface area contributed by atoms with Crippen LogP contribution in [0.4, 0.5) is 10.5 Å². The largest absolute Gasteiger partial charge is 0.454 e. The lowest BCUT2D eigenvalue weighted by atomic mass is 10.2. The van der Waals surface area contributed by atoms with E-state index >= 15 is 0 Å². The van der Waals surface area contributed by atoms with Gasteiger partial charge in [-0.1, -0.05) is 23.7 Å². The highest BCUT2D eigenvalue weighted by Crippen LogP contribution is 2.34. The number of benzene rings is 2. The third kappa shape index (κ3) is 3.86. The van der Waals surface area contributed by atoms with Crippen LogP contribution in [-0.4, -0.2) is 48.8 Å². The van der Waals surface area contributed by atoms with E-state index < -0.39 is 0 Å². The fraction of sp³-hybridized carbons (Fsp3) is 0.316. The molecule has 6 nitrogen and oxygen atoms in total. The molecule has 2 aliphatic heterocycles. The minimum atomic E-state index is -0.0880. The number of hydrogen-bond donors (Lipinski definition) is 1. The number of nitrogens with one attached hydrogen (secondary N) is 1. The molecule has 4 rings (SSSR count). The smallest absolute Gasteiger partial charge is 0.321 e. The second-order valence-corrected chi connectivity index (χ2v) is 6.82. The summed E-state index contributed by atoms with van der Waals surface area (Å²) in [6, 6.07) is 13.2. The number of amides is 2. The van der Waals surface area contributed by atoms with Crippen LogP contribution in [0.3, 0.4) is 0 Å². The van der Waals surface area contributed by atoms with Crippen LogP contribution in [0.5, 0.6) is 11.5 Å². The number of piperazine rings is 1. The van der Waals surface area contributed by atoms with Crippen molar-refractivity contribution in [2.24, 2.45) is 0 Å². The van der Waals surface area contributed by atoms with Gasteiger partial charge in [0.2, 0.25) is 6.79 Å². The van der Waals surface area contributed by atoms with Crippen molar-refractivity contribution >= 4 is 23.3 Å². The van der Waals surface area contributed by atoms with Gasteiger partial charge in [-0.3, -0.25) is 4.90 Å². The number of anilines is 1. The average Bonchev–Trinajstić information content (AvgIpc) is 3.12. The zero-order chi connectivity index (χ0) is 17.9. The monoisotopic (exact) mass is 373 g/mol. The third-order valence-corrected chi connectivity index (χ3v) is 4.85. The van der Waals surface area contributed by atoms with Crippen LogP contribution in [-0.2, 0) is 6.54 Å². The lowest BCUT2D eigenvalue weighted by molar-refractivity contribution is 0.143. The molecule has 0 aromatic heterocycles. The van der Waals surface area contributed by atoms with E-state index in [1.807, 2.05) is 41.3 Å². The highest BCUT2D eigenvalue weighted by molar-refractivity contribution is 6.30. The van der Waals surface area contributed by atoms with Crippen LogP contribution >= 0.6 is 11.6 Å². The van der Waals surface area contributed by atoms with Gasteiger partial charge in [0.05, 0.1) is 0 Å². The number of nitrogens with zero attached hydrogens (tertiary/aromatic N) is 2. The van der Waals surface area contributed by atoms with Gasteiger partial charge in [-0.25, -0.2) is 4.79 Å². The summed E-state index contributed by atoms with van der Waals surface area (Å²) in [5.41, 5.74) is 1.94. The van der Waals surface area contributed by atoms with E-state index in [4.69, 9.17) is 21.1 Å². The molecule has 1 saturated heterocycles. The molecule has 0 bridgehead atoms. The summed E-state index contributed by atoms with van der Waals surface area (Å²) in [5.74, 6) is 1.37. The molecule has 0 aliphatic carbocycles. The molecule has 136 valence electrons. The second-order valence-electron chi connectivity index (χ2n) is 6.39. The van der Waals surface area contributed by atoms with Crippen LogP contribution in [0.25, 0.3) is 0 Å². The zero-order valence-corrected chi connectivity index (χ0v) is 15.0. The first kappa shape index (κ1) is 17.0. The minimum Gasteiger partial charge on any atom is -0.454 e. The molecule has 1 fully saturated rings. The number of carbonyl (C=O) groups excluding carboxylic acids is 1. The highest BCUT2D eigenvalue weighted by atomic mass is 35.5. The van der Waals surface area contributed by atoms with Crippen molar-refractivity contribution in [3.63, 3.8) is 0 Å². The molecular weight excluding hydrogens is 354 g/mol. The van der Waals surface area contributed by atoms with E-state index in [0.717, 1.165) is 24.7 Å². The predicted molar refractivity (Wildman–Crippen MR) is 99.9 cm³/mol. The van der Waals surface area contributed by atoms with Crippen LogP contribution in [0.15, 0.2) is 42.5 Å². The van der Waals surface area contributed by atoms with Crippen molar-refractivity contribution in [2.45, 2.75) is 6.54 Å². The number of urea groups is 1. The summed E-state index contributed by atoms with van der Waals surface area (Å²) < 4.78 is 10.6. The fourth-order valence-corrected chi connectivity index (χ4v) is 3.26. The molecule has 7 heteroatoms. The predicted octanol–water partition coefficient (Wildman–Crippen LogP) is 3.42. The number of ether oxygens (including phenoxy) is 2. The number of rotatable bonds is 3. The Kier molecular flexibility index (Phi) is 4.86. The first-order valence-electron chi connectivity index (χ1n) is 8.60. The van der Waals surface area contributed by atoms with Gasteiger partial charge in [0.25, 0.3) is 0 Å². The van der Waals surface area contributed by atoms with Gasteiger partial charge < -0.3 is 19.7 Å². The molecule has 2 aromatic carbocycles. The van der Waals surface area contributed by atoms with Crippen LogP contribution in [0.2, 0.25) is 5.02 Å². The zero-order valence-electron chi connectivity index (χ0n) is 14.3. The normalized spacial score (nSPS) is 16.6. The number of carbonyl (C=O) groups is 1. The molecule has 0 saturated carbocycles. The average molecular weight is 374 g/mol. The molecule has 0 spiro atoms. The van der Waals surface area contributed by atoms with E-state index in [1.54, 1.807) is 6.07 Å². The van der Waals surface area contributed by atoms with Crippen LogP contribution < -0.4 is 14.8 Å². The first-order chi connectivity index (χ1) is 12.7. The summed E-state index contributed by atoms with van der Waals surface area (Å²) in [4.78, 5) is 16.7. The Morgan fingerprint density at radius 1 is 1.00 bits per heavy atom. The maximum Gasteiger partial charge on any atom is 0.321 e. The van der Waals surface area contributed by atoms with Gasteiger partial charge >= 0.3 is 6.03 Å². The van der Waals surface area contributed by atoms with E-state index in [0.29, 0.717) is 30.3 Å². The van der Waals surface area contributed by atoms with Gasteiger partial charge in [-0.05, 0) is 29.8 Å². The molecule has 0 unspecified atom stereocenters. The fourth-order valence-electron chi connectivity index (χ4n) is 3.13. The minimum absolute atomic E-state index is 0.0880. The van der Waals surface area contributed by atoms with Crippen molar-refractivity contribution in [3.05, 3.63) is 53.1 Å². The Balaban J connectivity index is 1.28. The van der Waals surface area contributed by atoms with E-state index in [1.165, 1.54) is 5.56 Å². The maximum absolute atomic E-state index is 12.5. The molecule has 1 N–H and O–H groups in total. The summed E-state index contributed by atoms with van der Waals surface area (Å²) in [6.45, 7) is 4.18. The summed E-state index contributed by atoms with van der Waals surface area (Å²) >= 11 is 5.93. The third-order valence-electron chi connectivity index (χ3n) is 4.60. The first-order valence-corrected chi connectivity index (χ1v) is 8.97. The van der Waals surface area contributed by atoms with Gasteiger partial charge in [-0.2, -0.15) is 0 Å². The summed E-state index contributed by atoms with van der Waals surface area (Å²) in [6.07, 6.45) is 0. The number of halogens is 1. The summed E-state index contributed by atoms with van der Waals surface area (Å²) in [5, 5.41) is 3.68. The highest BCUT2D eigenvalue weighted by Gasteiger charge is 2.22. The molecule has 2 aliphatic rings. The molecular formula is C19H20ClN3O3. The molecule has 2 aromatic rings. The van der Waals surface area contributed by atoms with Gasteiger partial charge in [0.1, 0.15) is 0 Å². The second kappa shape index (κ2) is 7.43. The van der Waals surface area contributed by atoms with Crippen molar-refractivity contribution in [2.75, 3.05) is 38.3 Å². The Morgan fingerprint density at radius 3 is 2.50 bits per heavy atom. The Hall–Kier alpha value is -2.44. The molecule has 2 amide bonds. The standard InChI is InChI=1S/C19H20ClN3O3/c20-15-3-1-14(2-4-15)12-22-7-9-23(10-8-22)19(24)21-16-5-6-17-18(11-16)26-13-25-17/h1-6,11H,7-10,12-13H2,(H,21,24). The van der Waals surface area contributed by atoms with Crippen molar-refractivity contribution in [1.29, 1.82) is 0 Å². The number of hydrogen-bond acceptors (Lipinski definition) is 4. The Bertz CT molecular complexity index is 789. The van der Waals surface area contributed by atoms with E-state index in [-0.39, 0.29) is 12.8 Å². The quantitative estimate of drug-likeness (QED) is 0.895. The lowest BCUT2D eigenvalue weighted by Gasteiger charge is -2.34. The van der Waals surface area contributed by atoms with E-state index in [9.17, 15) is 4.79 Å². The number of fused-ring (bicyclic) bond motifs is 1. The molecule has 0 radical (unpaired) electrons. The van der Waals surface area contributed by atoms with Crippen molar-refractivity contribution < 1.29 is 14.3 Å². The lowest BCUT2D eigenvalue weighted by Crippen LogP contribution is -2.49. The van der Waals surface area contributed by atoms with Crippen molar-refractivity contribution in [1.82, 2.24) is 9.80 Å². The topological polar surface area (TPSA) is 54.0 Å². The SMILES string of the molecule is O=C(Nc1ccc2c(c1)OCO2)N1CCN(Cc2ccc(Cl)cc2)CC1. The molecule has 2 heterocycles. The molecule has 0 atom stereocenters. The van der Waals surface area contributed by atoms with Gasteiger partial charge in [0, 0.05) is 49.5 Å². The Morgan fingerprint density at radius 2 is 1.73 bits per heavy atom. The summed E-state index contributed by atoms with van der Waals surface area (Å²) in [7, 11) is 0. The maximum atomic E-state index is 12.5. The van der Waals surface area contributed by atoms with Gasteiger partial charge in [0.15, 0.2) is 11.5 Å². The molecule has 26 heavy (non-hydrogen) atoms. The van der Waals surface area contributed by atoms with Crippen LogP contribution in [0, 0.1) is 0 Å². The van der Waals surface area contributed by atoms with Crippen LogP contribution in [0.1, 0.15) is 5.56 Å². The van der Waals surface area contributed by atoms with Crippen molar-refractivity contribution in [3.8, 4) is 11.5 Å². The van der Waals surface area contributed by atoms with E-state index in [2.05, 4.69) is 10.2 Å².